The normalized spacial score (nSPS) is 11.4. The first-order valence-corrected chi connectivity index (χ1v) is 5.60. The maximum absolute atomic E-state index is 12.1. The predicted octanol–water partition coefficient (Wildman–Crippen LogP) is 3.06. The maximum atomic E-state index is 12.1. The van der Waals surface area contributed by atoms with Gasteiger partial charge in [-0.2, -0.15) is 13.2 Å². The molecule has 1 aromatic rings. The number of pyridine rings is 1. The molecular weight excluding hydrogens is 245 g/mol. The number of hydrogen-bond donors (Lipinski definition) is 0. The molecule has 100 valence electrons. The number of nitrogens with zero attached hydrogens (tertiary/aromatic N) is 2. The molecule has 0 unspecified atom stereocenters. The van der Waals surface area contributed by atoms with Crippen molar-refractivity contribution in [1.82, 2.24) is 4.98 Å². The molecule has 0 saturated carbocycles. The fourth-order valence-corrected chi connectivity index (χ4v) is 1.38. The highest BCUT2D eigenvalue weighted by Gasteiger charge is 2.27. The second kappa shape index (κ2) is 5.84. The van der Waals surface area contributed by atoms with Crippen molar-refractivity contribution in [3.63, 3.8) is 0 Å². The summed E-state index contributed by atoms with van der Waals surface area (Å²) in [4.78, 5) is 16.7. The average Bonchev–Trinajstić information content (AvgIpc) is 2.34. The summed E-state index contributed by atoms with van der Waals surface area (Å²) < 4.78 is 36.2. The van der Waals surface area contributed by atoms with E-state index < -0.39 is 12.6 Å². The first-order chi connectivity index (χ1) is 8.33. The molecule has 1 aromatic heterocycles. The monoisotopic (exact) mass is 260 g/mol. The number of carbonyl (C=O) groups is 1. The van der Waals surface area contributed by atoms with E-state index in [1.165, 1.54) is 17.2 Å². The number of alkyl halides is 3. The number of rotatable bonds is 5. The van der Waals surface area contributed by atoms with Gasteiger partial charge >= 0.3 is 6.18 Å². The Labute approximate surface area is 104 Å². The Balaban J connectivity index is 2.64. The van der Waals surface area contributed by atoms with E-state index in [1.807, 2.05) is 0 Å². The van der Waals surface area contributed by atoms with Crippen LogP contribution in [0.2, 0.25) is 0 Å². The van der Waals surface area contributed by atoms with Crippen molar-refractivity contribution in [2.45, 2.75) is 25.9 Å². The summed E-state index contributed by atoms with van der Waals surface area (Å²) in [7, 11) is 1.56. The van der Waals surface area contributed by atoms with Crippen LogP contribution in [0.1, 0.15) is 30.3 Å². The van der Waals surface area contributed by atoms with Crippen LogP contribution in [0, 0.1) is 0 Å². The number of hydrogen-bond acceptors (Lipinski definition) is 3. The second-order valence-electron chi connectivity index (χ2n) is 3.97. The van der Waals surface area contributed by atoms with Gasteiger partial charge < -0.3 is 4.90 Å². The number of carbonyl (C=O) groups excluding carboxylic acids is 1. The van der Waals surface area contributed by atoms with E-state index in [2.05, 4.69) is 4.98 Å². The molecule has 0 aromatic carbocycles. The van der Waals surface area contributed by atoms with E-state index in [-0.39, 0.29) is 12.3 Å². The van der Waals surface area contributed by atoms with Gasteiger partial charge in [0.15, 0.2) is 5.78 Å². The van der Waals surface area contributed by atoms with Gasteiger partial charge in [0.05, 0.1) is 18.3 Å². The Kier molecular flexibility index (Phi) is 4.69. The number of anilines is 1. The largest absolute Gasteiger partial charge is 0.390 e. The van der Waals surface area contributed by atoms with Crippen LogP contribution < -0.4 is 4.90 Å². The summed E-state index contributed by atoms with van der Waals surface area (Å²) in [5.74, 6) is -0.0838. The van der Waals surface area contributed by atoms with Crippen LogP contribution in [0.3, 0.4) is 0 Å². The fraction of sp³-hybridized carbons (Fsp3) is 0.500. The molecule has 0 saturated heterocycles. The third kappa shape index (κ3) is 4.35. The molecule has 0 N–H and O–H groups in total. The lowest BCUT2D eigenvalue weighted by atomic mass is 10.2. The molecule has 1 rings (SSSR count). The van der Waals surface area contributed by atoms with Crippen molar-refractivity contribution < 1.29 is 18.0 Å². The van der Waals surface area contributed by atoms with Crippen molar-refractivity contribution in [3.8, 4) is 0 Å². The maximum Gasteiger partial charge on any atom is 0.390 e. The minimum Gasteiger partial charge on any atom is -0.373 e. The molecule has 6 heteroatoms. The van der Waals surface area contributed by atoms with Gasteiger partial charge in [-0.15, -0.1) is 0 Å². The Hall–Kier alpha value is -1.59. The quantitative estimate of drug-likeness (QED) is 0.763. The summed E-state index contributed by atoms with van der Waals surface area (Å²) in [6, 6.07) is 3.14. The Morgan fingerprint density at radius 3 is 2.50 bits per heavy atom. The number of ketones is 1. The highest BCUT2D eigenvalue weighted by molar-refractivity contribution is 5.94. The van der Waals surface area contributed by atoms with Crippen molar-refractivity contribution in [1.29, 1.82) is 0 Å². The molecule has 0 radical (unpaired) electrons. The van der Waals surface area contributed by atoms with Crippen LogP contribution in [0.25, 0.3) is 0 Å². The lowest BCUT2D eigenvalue weighted by Gasteiger charge is -2.19. The van der Waals surface area contributed by atoms with Gasteiger partial charge in [0.25, 0.3) is 0 Å². The minimum absolute atomic E-state index is 0.0838. The van der Waals surface area contributed by atoms with E-state index >= 15 is 0 Å². The van der Waals surface area contributed by atoms with Crippen LogP contribution in [0.15, 0.2) is 18.3 Å². The molecule has 0 aliphatic rings. The zero-order chi connectivity index (χ0) is 13.8. The Bertz CT molecular complexity index is 401. The minimum atomic E-state index is -4.17. The van der Waals surface area contributed by atoms with Crippen molar-refractivity contribution in [2.24, 2.45) is 0 Å². The molecule has 0 atom stereocenters. The van der Waals surface area contributed by atoms with Crippen LogP contribution in [0.4, 0.5) is 18.9 Å². The van der Waals surface area contributed by atoms with E-state index in [1.54, 1.807) is 20.0 Å². The molecule has 18 heavy (non-hydrogen) atoms. The van der Waals surface area contributed by atoms with E-state index in [9.17, 15) is 18.0 Å². The van der Waals surface area contributed by atoms with Crippen LogP contribution in [-0.2, 0) is 0 Å². The first-order valence-electron chi connectivity index (χ1n) is 5.60. The molecule has 0 spiro atoms. The van der Waals surface area contributed by atoms with E-state index in [0.29, 0.717) is 17.8 Å². The summed E-state index contributed by atoms with van der Waals surface area (Å²) >= 11 is 0. The predicted molar refractivity (Wildman–Crippen MR) is 62.8 cm³/mol. The summed E-state index contributed by atoms with van der Waals surface area (Å²) in [5, 5.41) is 0. The Morgan fingerprint density at radius 2 is 2.06 bits per heavy atom. The van der Waals surface area contributed by atoms with Gasteiger partial charge in [0.1, 0.15) is 5.69 Å². The third-order valence-corrected chi connectivity index (χ3v) is 2.53. The van der Waals surface area contributed by atoms with Gasteiger partial charge in [-0.25, -0.2) is 0 Å². The zero-order valence-corrected chi connectivity index (χ0v) is 10.3. The summed E-state index contributed by atoms with van der Waals surface area (Å²) in [6.45, 7) is 1.60. The zero-order valence-electron chi connectivity index (χ0n) is 10.3. The molecule has 0 aliphatic carbocycles. The molecule has 3 nitrogen and oxygen atoms in total. The SMILES string of the molecule is CCC(=O)c1ccc(N(C)CCC(F)(F)F)cn1. The van der Waals surface area contributed by atoms with Crippen LogP contribution in [-0.4, -0.2) is 30.5 Å². The second-order valence-corrected chi connectivity index (χ2v) is 3.97. The van der Waals surface area contributed by atoms with Gasteiger partial charge in [0, 0.05) is 20.0 Å². The van der Waals surface area contributed by atoms with Gasteiger partial charge in [-0.05, 0) is 12.1 Å². The van der Waals surface area contributed by atoms with E-state index in [0.717, 1.165) is 0 Å². The van der Waals surface area contributed by atoms with E-state index in [4.69, 9.17) is 0 Å². The third-order valence-electron chi connectivity index (χ3n) is 2.53. The lowest BCUT2D eigenvalue weighted by Crippen LogP contribution is -2.24. The smallest absolute Gasteiger partial charge is 0.373 e. The molecule has 0 amide bonds. The standard InChI is InChI=1S/C12H15F3N2O/c1-3-11(18)10-5-4-9(8-16-10)17(2)7-6-12(13,14)15/h4-5,8H,3,6-7H2,1-2H3. The molecule has 0 bridgehead atoms. The number of halogens is 3. The molecule has 0 aliphatic heterocycles. The average molecular weight is 260 g/mol. The van der Waals surface area contributed by atoms with Crippen LogP contribution >= 0.6 is 0 Å². The highest BCUT2D eigenvalue weighted by Crippen LogP contribution is 2.21. The lowest BCUT2D eigenvalue weighted by molar-refractivity contribution is -0.132. The summed E-state index contributed by atoms with van der Waals surface area (Å²) in [5.41, 5.74) is 0.900. The highest BCUT2D eigenvalue weighted by atomic mass is 19.4. The topological polar surface area (TPSA) is 33.2 Å². The first kappa shape index (κ1) is 14.5. The van der Waals surface area contributed by atoms with Gasteiger partial charge in [0.2, 0.25) is 0 Å². The van der Waals surface area contributed by atoms with Crippen LogP contribution in [0.5, 0.6) is 0 Å². The van der Waals surface area contributed by atoms with Gasteiger partial charge in [-0.1, -0.05) is 6.92 Å². The molecule has 0 fully saturated rings. The summed E-state index contributed by atoms with van der Waals surface area (Å²) in [6.07, 6.45) is -3.27. The van der Waals surface area contributed by atoms with Crippen molar-refractivity contribution >= 4 is 11.5 Å². The molecular formula is C12H15F3N2O. The Morgan fingerprint density at radius 1 is 1.39 bits per heavy atom. The van der Waals surface area contributed by atoms with Gasteiger partial charge in [-0.3, -0.25) is 9.78 Å². The van der Waals surface area contributed by atoms with Crippen molar-refractivity contribution in [3.05, 3.63) is 24.0 Å². The fourth-order valence-electron chi connectivity index (χ4n) is 1.38. The van der Waals surface area contributed by atoms with Crippen molar-refractivity contribution in [2.75, 3.05) is 18.5 Å². The molecule has 1 heterocycles. The number of Topliss-reactive ketones (excluding diaryl/α,β-unsaturated/α-hetero) is 1. The number of aromatic nitrogens is 1.